The minimum Gasteiger partial charge on any atom is -0.314 e. The Morgan fingerprint density at radius 3 is 2.85 bits per heavy atom. The third kappa shape index (κ3) is 3.19. The van der Waals surface area contributed by atoms with Crippen molar-refractivity contribution in [2.24, 2.45) is 5.11 Å². The van der Waals surface area contributed by atoms with Crippen LogP contribution in [0, 0.1) is 0 Å². The zero-order valence-corrected chi connectivity index (χ0v) is 7.86. The van der Waals surface area contributed by atoms with Crippen LogP contribution in [0.2, 0.25) is 0 Å². The first-order valence-electron chi connectivity index (χ1n) is 3.66. The highest BCUT2D eigenvalue weighted by Crippen LogP contribution is 2.11. The molecule has 74 valence electrons. The lowest BCUT2D eigenvalue weighted by atomic mass is 10.2. The molecule has 2 atom stereocenters. The molecule has 0 aromatic rings. The molecule has 0 aliphatic carbocycles. The van der Waals surface area contributed by atoms with Gasteiger partial charge >= 0.3 is 0 Å². The van der Waals surface area contributed by atoms with E-state index >= 15 is 0 Å². The number of hydrogen-bond acceptors (Lipinski definition) is 5. The molecule has 0 unspecified atom stereocenters. The van der Waals surface area contributed by atoms with Crippen LogP contribution in [0.15, 0.2) is 5.11 Å². The van der Waals surface area contributed by atoms with Gasteiger partial charge in [-0.2, -0.15) is 8.42 Å². The van der Waals surface area contributed by atoms with E-state index in [-0.39, 0.29) is 0 Å². The molecule has 0 saturated carbocycles. The maximum absolute atomic E-state index is 10.8. The molecular formula is C5H10N4O3S. The molecule has 1 saturated heterocycles. The normalized spacial score (nSPS) is 28.4. The standard InChI is InChI=1S/C5H10N4O3S/c1-13(10,11)12-5-3-7-2-4(5)8-9-6/h4-5,7H,2-3H2,1H3/t4-,5-/m1/s1. The van der Waals surface area contributed by atoms with Gasteiger partial charge in [-0.3, -0.25) is 4.18 Å². The molecule has 0 amide bonds. The maximum atomic E-state index is 10.8. The quantitative estimate of drug-likeness (QED) is 0.294. The first-order chi connectivity index (χ1) is 6.03. The fourth-order valence-electron chi connectivity index (χ4n) is 1.15. The van der Waals surface area contributed by atoms with E-state index in [2.05, 4.69) is 15.3 Å². The van der Waals surface area contributed by atoms with Gasteiger partial charge in [0, 0.05) is 18.0 Å². The average molecular weight is 206 g/mol. The lowest BCUT2D eigenvalue weighted by molar-refractivity contribution is 0.215. The van der Waals surface area contributed by atoms with Crippen molar-refractivity contribution in [3.63, 3.8) is 0 Å². The van der Waals surface area contributed by atoms with Gasteiger partial charge in [-0.15, -0.1) is 0 Å². The summed E-state index contributed by atoms with van der Waals surface area (Å²) in [5.41, 5.74) is 8.17. The van der Waals surface area contributed by atoms with E-state index in [1.807, 2.05) is 0 Å². The van der Waals surface area contributed by atoms with Gasteiger partial charge in [0.05, 0.1) is 18.4 Å². The smallest absolute Gasteiger partial charge is 0.264 e. The van der Waals surface area contributed by atoms with E-state index in [1.165, 1.54) is 0 Å². The summed E-state index contributed by atoms with van der Waals surface area (Å²) in [5, 5.41) is 6.29. The monoisotopic (exact) mass is 206 g/mol. The Labute approximate surface area is 75.8 Å². The van der Waals surface area contributed by atoms with Crippen LogP contribution in [0.25, 0.3) is 10.4 Å². The summed E-state index contributed by atoms with van der Waals surface area (Å²) in [6.07, 6.45) is 0.393. The maximum Gasteiger partial charge on any atom is 0.264 e. The van der Waals surface area contributed by atoms with E-state index in [4.69, 9.17) is 9.71 Å². The summed E-state index contributed by atoms with van der Waals surface area (Å²) in [7, 11) is -3.48. The molecule has 1 N–H and O–H groups in total. The van der Waals surface area contributed by atoms with Crippen LogP contribution < -0.4 is 5.32 Å². The zero-order valence-electron chi connectivity index (χ0n) is 7.04. The average Bonchev–Trinajstić information content (AvgIpc) is 2.34. The van der Waals surface area contributed by atoms with Gasteiger partial charge in [0.15, 0.2) is 0 Å². The second kappa shape index (κ2) is 3.93. The molecule has 0 bridgehead atoms. The van der Waals surface area contributed by atoms with Crippen LogP contribution in [0.5, 0.6) is 0 Å². The van der Waals surface area contributed by atoms with Gasteiger partial charge in [-0.1, -0.05) is 5.11 Å². The Balaban J connectivity index is 2.64. The van der Waals surface area contributed by atoms with Gasteiger partial charge in [-0.25, -0.2) is 0 Å². The van der Waals surface area contributed by atoms with Crippen molar-refractivity contribution >= 4 is 10.1 Å². The Morgan fingerprint density at radius 1 is 1.62 bits per heavy atom. The van der Waals surface area contributed by atoms with Gasteiger partial charge in [-0.05, 0) is 5.53 Å². The third-order valence-electron chi connectivity index (χ3n) is 1.63. The first-order valence-corrected chi connectivity index (χ1v) is 5.48. The molecule has 1 heterocycles. The van der Waals surface area contributed by atoms with Crippen LogP contribution in [0.1, 0.15) is 0 Å². The molecule has 13 heavy (non-hydrogen) atoms. The van der Waals surface area contributed by atoms with Gasteiger partial charge < -0.3 is 5.32 Å². The molecule has 1 rings (SSSR count). The molecule has 0 radical (unpaired) electrons. The number of hydrogen-bond donors (Lipinski definition) is 1. The minimum atomic E-state index is -3.48. The van der Waals surface area contributed by atoms with Gasteiger partial charge in [0.25, 0.3) is 10.1 Å². The molecule has 8 heteroatoms. The Bertz CT molecular complexity index is 321. The van der Waals surface area contributed by atoms with Crippen molar-refractivity contribution in [1.29, 1.82) is 0 Å². The van der Waals surface area contributed by atoms with Crippen LogP contribution in [-0.4, -0.2) is 39.9 Å². The topological polar surface area (TPSA) is 104 Å². The molecule has 1 aliphatic rings. The van der Waals surface area contributed by atoms with Crippen molar-refractivity contribution in [3.8, 4) is 0 Å². The fraction of sp³-hybridized carbons (Fsp3) is 1.00. The van der Waals surface area contributed by atoms with Crippen LogP contribution in [-0.2, 0) is 14.3 Å². The lowest BCUT2D eigenvalue weighted by Gasteiger charge is -2.12. The molecule has 0 aromatic heterocycles. The predicted octanol–water partition coefficient (Wildman–Crippen LogP) is -0.387. The van der Waals surface area contributed by atoms with Gasteiger partial charge in [0.2, 0.25) is 0 Å². The summed E-state index contributed by atoms with van der Waals surface area (Å²) in [5.74, 6) is 0. The summed E-state index contributed by atoms with van der Waals surface area (Å²) in [6, 6.07) is -0.445. The van der Waals surface area contributed by atoms with E-state index in [9.17, 15) is 8.42 Å². The highest BCUT2D eigenvalue weighted by molar-refractivity contribution is 7.86. The van der Waals surface area contributed by atoms with Crippen molar-refractivity contribution < 1.29 is 12.6 Å². The van der Waals surface area contributed by atoms with Crippen molar-refractivity contribution in [1.82, 2.24) is 5.32 Å². The van der Waals surface area contributed by atoms with Crippen molar-refractivity contribution in [2.45, 2.75) is 12.1 Å². The summed E-state index contributed by atoms with van der Waals surface area (Å²) < 4.78 is 26.2. The number of rotatable bonds is 3. The Kier molecular flexibility index (Phi) is 3.10. The van der Waals surface area contributed by atoms with Gasteiger partial charge in [0.1, 0.15) is 0 Å². The van der Waals surface area contributed by atoms with Crippen molar-refractivity contribution in [2.75, 3.05) is 19.3 Å². The SMILES string of the molecule is CS(=O)(=O)O[C@@H]1CNC[C@H]1N=[N+]=[N-]. The van der Waals surface area contributed by atoms with Crippen LogP contribution in [0.3, 0.4) is 0 Å². The Hall–Kier alpha value is -0.820. The van der Waals surface area contributed by atoms with E-state index < -0.39 is 22.3 Å². The predicted molar refractivity (Wildman–Crippen MR) is 45.5 cm³/mol. The molecular weight excluding hydrogens is 196 g/mol. The number of nitrogens with zero attached hydrogens (tertiary/aromatic N) is 3. The fourth-order valence-corrected chi connectivity index (χ4v) is 1.79. The highest BCUT2D eigenvalue weighted by atomic mass is 32.2. The summed E-state index contributed by atoms with van der Waals surface area (Å²) in [4.78, 5) is 2.61. The first kappa shape index (κ1) is 10.3. The molecule has 7 nitrogen and oxygen atoms in total. The number of azide groups is 1. The second-order valence-corrected chi connectivity index (χ2v) is 4.37. The van der Waals surface area contributed by atoms with E-state index in [1.54, 1.807) is 0 Å². The molecule has 0 spiro atoms. The zero-order chi connectivity index (χ0) is 9.90. The van der Waals surface area contributed by atoms with Crippen LogP contribution in [0.4, 0.5) is 0 Å². The second-order valence-electron chi connectivity index (χ2n) is 2.77. The van der Waals surface area contributed by atoms with Crippen molar-refractivity contribution in [3.05, 3.63) is 10.4 Å². The van der Waals surface area contributed by atoms with E-state index in [0.717, 1.165) is 6.26 Å². The molecule has 1 fully saturated rings. The minimum absolute atomic E-state index is 0.386. The number of nitrogens with one attached hydrogen (secondary N) is 1. The largest absolute Gasteiger partial charge is 0.314 e. The Morgan fingerprint density at radius 2 is 2.31 bits per heavy atom. The molecule has 0 aromatic carbocycles. The van der Waals surface area contributed by atoms with Crippen LogP contribution >= 0.6 is 0 Å². The third-order valence-corrected chi connectivity index (χ3v) is 2.22. The van der Waals surface area contributed by atoms with E-state index in [0.29, 0.717) is 13.1 Å². The summed E-state index contributed by atoms with van der Waals surface area (Å²) >= 11 is 0. The summed E-state index contributed by atoms with van der Waals surface area (Å²) in [6.45, 7) is 0.834. The highest BCUT2D eigenvalue weighted by Gasteiger charge is 2.29. The molecule has 1 aliphatic heterocycles. The lowest BCUT2D eigenvalue weighted by Crippen LogP contribution is -2.27.